The van der Waals surface area contributed by atoms with E-state index in [-0.39, 0.29) is 24.4 Å². The molecule has 1 saturated heterocycles. The lowest BCUT2D eigenvalue weighted by atomic mass is 9.95. The first-order valence-corrected chi connectivity index (χ1v) is 7.50. The average Bonchev–Trinajstić information content (AvgIpc) is 2.35. The molecule has 2 unspecified atom stereocenters. The summed E-state index contributed by atoms with van der Waals surface area (Å²) in [6, 6.07) is 5.65. The highest BCUT2D eigenvalue weighted by Crippen LogP contribution is 2.20. The van der Waals surface area contributed by atoms with E-state index in [1.165, 1.54) is 0 Å². The number of benzene rings is 1. The monoisotopic (exact) mass is 414 g/mol. The first-order valence-electron chi connectivity index (χ1n) is 6.04. The van der Waals surface area contributed by atoms with Crippen molar-refractivity contribution >= 4 is 52.5 Å². The molecule has 0 bridgehead atoms. The fourth-order valence-electron chi connectivity index (χ4n) is 2.12. The van der Waals surface area contributed by atoms with E-state index in [4.69, 9.17) is 11.6 Å². The van der Waals surface area contributed by atoms with Gasteiger partial charge in [-0.2, -0.15) is 0 Å². The van der Waals surface area contributed by atoms with Gasteiger partial charge in [0, 0.05) is 15.2 Å². The van der Waals surface area contributed by atoms with E-state index in [9.17, 15) is 4.79 Å². The molecule has 6 heteroatoms. The lowest BCUT2D eigenvalue weighted by molar-refractivity contribution is 0.0914. The first-order chi connectivity index (χ1) is 8.58. The van der Waals surface area contributed by atoms with Gasteiger partial charge in [-0.15, -0.1) is 12.4 Å². The normalized spacial score (nSPS) is 22.5. The van der Waals surface area contributed by atoms with Crippen molar-refractivity contribution < 1.29 is 4.79 Å². The molecular formula is C13H17Cl2IN2O. The maximum atomic E-state index is 12.1. The van der Waals surface area contributed by atoms with Gasteiger partial charge in [0.1, 0.15) is 0 Å². The molecule has 1 aromatic rings. The van der Waals surface area contributed by atoms with Crippen molar-refractivity contribution in [2.24, 2.45) is 5.92 Å². The topological polar surface area (TPSA) is 41.1 Å². The van der Waals surface area contributed by atoms with Crippen LogP contribution in [0.1, 0.15) is 23.7 Å². The molecule has 0 aromatic heterocycles. The zero-order chi connectivity index (χ0) is 13.1. The number of halogens is 3. The van der Waals surface area contributed by atoms with E-state index >= 15 is 0 Å². The number of hydrogen-bond acceptors (Lipinski definition) is 2. The summed E-state index contributed by atoms with van der Waals surface area (Å²) < 4.78 is 0.959. The molecule has 19 heavy (non-hydrogen) atoms. The Bertz CT molecular complexity index is 456. The quantitative estimate of drug-likeness (QED) is 0.730. The number of carbonyl (C=O) groups is 1. The molecule has 0 spiro atoms. The van der Waals surface area contributed by atoms with Crippen molar-refractivity contribution in [3.05, 3.63) is 32.4 Å². The van der Waals surface area contributed by atoms with Crippen LogP contribution < -0.4 is 10.6 Å². The highest BCUT2D eigenvalue weighted by Gasteiger charge is 2.23. The Morgan fingerprint density at radius 2 is 2.26 bits per heavy atom. The first kappa shape index (κ1) is 17.0. The predicted octanol–water partition coefficient (Wildman–Crippen LogP) is 3.09. The van der Waals surface area contributed by atoms with Crippen LogP contribution in [0.3, 0.4) is 0 Å². The molecule has 1 heterocycles. The second-order valence-corrected chi connectivity index (χ2v) is 6.25. The van der Waals surface area contributed by atoms with E-state index in [0.29, 0.717) is 16.5 Å². The fourth-order valence-corrected chi connectivity index (χ4v) is 2.63. The number of hydrogen-bond donors (Lipinski definition) is 2. The number of amides is 1. The van der Waals surface area contributed by atoms with E-state index in [2.05, 4.69) is 40.1 Å². The molecule has 1 aliphatic heterocycles. The van der Waals surface area contributed by atoms with Crippen molar-refractivity contribution in [3.63, 3.8) is 0 Å². The third kappa shape index (κ3) is 4.48. The molecule has 2 N–H and O–H groups in total. The van der Waals surface area contributed by atoms with Gasteiger partial charge in [0.15, 0.2) is 0 Å². The Balaban J connectivity index is 0.00000180. The highest BCUT2D eigenvalue weighted by atomic mass is 127. The van der Waals surface area contributed by atoms with Gasteiger partial charge in [-0.05, 0) is 66.2 Å². The van der Waals surface area contributed by atoms with Crippen LogP contribution in [0.5, 0.6) is 0 Å². The maximum Gasteiger partial charge on any atom is 0.251 e. The molecule has 2 rings (SSSR count). The molecule has 0 saturated carbocycles. The zero-order valence-electron chi connectivity index (χ0n) is 10.6. The second kappa shape index (κ2) is 7.67. The number of piperidine rings is 1. The highest BCUT2D eigenvalue weighted by molar-refractivity contribution is 14.1. The fraction of sp³-hybridized carbons (Fsp3) is 0.462. The third-order valence-corrected chi connectivity index (χ3v) is 4.86. The number of rotatable bonds is 2. The van der Waals surface area contributed by atoms with E-state index in [1.54, 1.807) is 6.07 Å². The largest absolute Gasteiger partial charge is 0.349 e. The predicted molar refractivity (Wildman–Crippen MR) is 89.3 cm³/mol. The Hall–Kier alpha value is -0.0400. The molecule has 106 valence electrons. The third-order valence-electron chi connectivity index (χ3n) is 3.28. The Kier molecular flexibility index (Phi) is 6.86. The zero-order valence-corrected chi connectivity index (χ0v) is 14.3. The van der Waals surface area contributed by atoms with Crippen LogP contribution in [0.2, 0.25) is 5.02 Å². The molecular weight excluding hydrogens is 398 g/mol. The standard InChI is InChI=1S/C13H16ClIN2O.ClH/c1-8-7-16-5-4-12(8)17-13(18)9-2-3-11(15)10(14)6-9;/h2-3,6,8,12,16H,4-5,7H2,1H3,(H,17,18);1H. The lowest BCUT2D eigenvalue weighted by Crippen LogP contribution is -2.48. The number of nitrogens with one attached hydrogen (secondary N) is 2. The molecule has 1 aromatic carbocycles. The molecule has 1 aliphatic rings. The van der Waals surface area contributed by atoms with Gasteiger partial charge in [0.05, 0.1) is 5.02 Å². The summed E-state index contributed by atoms with van der Waals surface area (Å²) in [7, 11) is 0. The molecule has 3 nitrogen and oxygen atoms in total. The van der Waals surface area contributed by atoms with Crippen LogP contribution >= 0.6 is 46.6 Å². The van der Waals surface area contributed by atoms with E-state index in [1.807, 2.05) is 12.1 Å². The SMILES string of the molecule is CC1CNCCC1NC(=O)c1ccc(I)c(Cl)c1.Cl. The van der Waals surface area contributed by atoms with Gasteiger partial charge in [0.25, 0.3) is 5.91 Å². The van der Waals surface area contributed by atoms with Crippen molar-refractivity contribution in [1.29, 1.82) is 0 Å². The van der Waals surface area contributed by atoms with Crippen LogP contribution in [0.25, 0.3) is 0 Å². The van der Waals surface area contributed by atoms with Gasteiger partial charge in [-0.25, -0.2) is 0 Å². The van der Waals surface area contributed by atoms with Crippen LogP contribution in [-0.2, 0) is 0 Å². The summed E-state index contributed by atoms with van der Waals surface area (Å²) in [4.78, 5) is 12.1. The van der Waals surface area contributed by atoms with Crippen molar-refractivity contribution in [2.45, 2.75) is 19.4 Å². The van der Waals surface area contributed by atoms with Crippen molar-refractivity contribution in [3.8, 4) is 0 Å². The minimum atomic E-state index is -0.0351. The van der Waals surface area contributed by atoms with E-state index in [0.717, 1.165) is 23.1 Å². The van der Waals surface area contributed by atoms with Gasteiger partial charge < -0.3 is 10.6 Å². The van der Waals surface area contributed by atoms with Gasteiger partial charge in [-0.1, -0.05) is 18.5 Å². The summed E-state index contributed by atoms with van der Waals surface area (Å²) in [5.74, 6) is 0.425. The van der Waals surface area contributed by atoms with Crippen molar-refractivity contribution in [2.75, 3.05) is 13.1 Å². The average molecular weight is 415 g/mol. The van der Waals surface area contributed by atoms with Crippen LogP contribution in [0, 0.1) is 9.49 Å². The van der Waals surface area contributed by atoms with Gasteiger partial charge >= 0.3 is 0 Å². The molecule has 2 atom stereocenters. The molecule has 0 radical (unpaired) electrons. The van der Waals surface area contributed by atoms with Crippen LogP contribution in [-0.4, -0.2) is 25.0 Å². The Morgan fingerprint density at radius 3 is 2.89 bits per heavy atom. The summed E-state index contributed by atoms with van der Waals surface area (Å²) in [5.41, 5.74) is 0.631. The lowest BCUT2D eigenvalue weighted by Gasteiger charge is -2.30. The Labute approximate surface area is 138 Å². The summed E-state index contributed by atoms with van der Waals surface area (Å²) in [5, 5.41) is 7.04. The smallest absolute Gasteiger partial charge is 0.251 e. The van der Waals surface area contributed by atoms with Gasteiger partial charge in [-0.3, -0.25) is 4.79 Å². The van der Waals surface area contributed by atoms with E-state index < -0.39 is 0 Å². The molecule has 1 fully saturated rings. The minimum absolute atomic E-state index is 0. The summed E-state index contributed by atoms with van der Waals surface area (Å²) >= 11 is 8.18. The number of carbonyl (C=O) groups excluding carboxylic acids is 1. The summed E-state index contributed by atoms with van der Waals surface area (Å²) in [6.45, 7) is 4.07. The minimum Gasteiger partial charge on any atom is -0.349 e. The second-order valence-electron chi connectivity index (χ2n) is 4.68. The Morgan fingerprint density at radius 1 is 1.53 bits per heavy atom. The van der Waals surface area contributed by atoms with Crippen molar-refractivity contribution in [1.82, 2.24) is 10.6 Å². The van der Waals surface area contributed by atoms with Crippen LogP contribution in [0.15, 0.2) is 18.2 Å². The van der Waals surface area contributed by atoms with Crippen LogP contribution in [0.4, 0.5) is 0 Å². The summed E-state index contributed by atoms with van der Waals surface area (Å²) in [6.07, 6.45) is 0.977. The van der Waals surface area contributed by atoms with Gasteiger partial charge in [0.2, 0.25) is 0 Å². The molecule has 1 amide bonds. The maximum absolute atomic E-state index is 12.1. The molecule has 0 aliphatic carbocycles.